The van der Waals surface area contributed by atoms with Gasteiger partial charge >= 0.3 is 0 Å². The van der Waals surface area contributed by atoms with Crippen molar-refractivity contribution in [3.05, 3.63) is 53.7 Å². The maximum atomic E-state index is 12.5. The van der Waals surface area contributed by atoms with Crippen molar-refractivity contribution >= 4 is 11.7 Å². The van der Waals surface area contributed by atoms with Crippen LogP contribution in [0.2, 0.25) is 0 Å². The van der Waals surface area contributed by atoms with Crippen molar-refractivity contribution < 1.29 is 4.79 Å². The van der Waals surface area contributed by atoms with Gasteiger partial charge in [0.1, 0.15) is 0 Å². The molecule has 1 aliphatic heterocycles. The smallest absolute Gasteiger partial charge is 0.253 e. The minimum atomic E-state index is 0.0716. The highest BCUT2D eigenvalue weighted by Gasteiger charge is 2.22. The molecule has 1 amide bonds. The van der Waals surface area contributed by atoms with Crippen molar-refractivity contribution in [2.75, 3.05) is 31.1 Å². The summed E-state index contributed by atoms with van der Waals surface area (Å²) in [6.45, 7) is 3.41. The first-order chi connectivity index (χ1) is 10.8. The summed E-state index contributed by atoms with van der Waals surface area (Å²) in [7, 11) is 0. The molecule has 6 nitrogen and oxygen atoms in total. The van der Waals surface area contributed by atoms with E-state index in [4.69, 9.17) is 5.73 Å². The molecule has 1 aliphatic rings. The zero-order chi connectivity index (χ0) is 15.4. The number of anilines is 1. The molecular formula is C16H19N5O. The van der Waals surface area contributed by atoms with E-state index in [-0.39, 0.29) is 5.91 Å². The van der Waals surface area contributed by atoms with Gasteiger partial charge in [-0.2, -0.15) is 5.10 Å². The van der Waals surface area contributed by atoms with Crippen LogP contribution < -0.4 is 10.6 Å². The second-order valence-electron chi connectivity index (χ2n) is 5.26. The lowest BCUT2D eigenvalue weighted by Gasteiger charge is -2.35. The van der Waals surface area contributed by atoms with E-state index in [9.17, 15) is 4.79 Å². The van der Waals surface area contributed by atoms with E-state index in [0.717, 1.165) is 24.5 Å². The van der Waals surface area contributed by atoms with Gasteiger partial charge in [0.25, 0.3) is 5.91 Å². The van der Waals surface area contributed by atoms with Gasteiger partial charge in [-0.1, -0.05) is 12.1 Å². The third-order valence-corrected chi connectivity index (χ3v) is 3.89. The summed E-state index contributed by atoms with van der Waals surface area (Å²) in [6.07, 6.45) is 1.66. The van der Waals surface area contributed by atoms with Gasteiger partial charge in [0.15, 0.2) is 5.82 Å². The molecule has 6 heteroatoms. The first-order valence-corrected chi connectivity index (χ1v) is 7.39. The van der Waals surface area contributed by atoms with Crippen LogP contribution in [0.15, 0.2) is 42.6 Å². The summed E-state index contributed by atoms with van der Waals surface area (Å²) in [5.74, 6) is 0.935. The van der Waals surface area contributed by atoms with E-state index >= 15 is 0 Å². The maximum absolute atomic E-state index is 12.5. The highest BCUT2D eigenvalue weighted by atomic mass is 16.2. The highest BCUT2D eigenvalue weighted by molar-refractivity contribution is 5.94. The first-order valence-electron chi connectivity index (χ1n) is 7.39. The lowest BCUT2D eigenvalue weighted by Crippen LogP contribution is -2.49. The summed E-state index contributed by atoms with van der Waals surface area (Å²) in [4.78, 5) is 16.5. The molecule has 114 valence electrons. The van der Waals surface area contributed by atoms with Gasteiger partial charge in [-0.15, -0.1) is 5.10 Å². The Balaban J connectivity index is 1.62. The Bertz CT molecular complexity index is 621. The van der Waals surface area contributed by atoms with Crippen LogP contribution in [0.1, 0.15) is 15.9 Å². The summed E-state index contributed by atoms with van der Waals surface area (Å²) >= 11 is 0. The number of rotatable bonds is 3. The van der Waals surface area contributed by atoms with Gasteiger partial charge in [-0.25, -0.2) is 0 Å². The average Bonchev–Trinajstić information content (AvgIpc) is 2.62. The van der Waals surface area contributed by atoms with Gasteiger partial charge in [0.2, 0.25) is 0 Å². The minimum absolute atomic E-state index is 0.0716. The van der Waals surface area contributed by atoms with Crippen LogP contribution in [0, 0.1) is 0 Å². The van der Waals surface area contributed by atoms with Crippen molar-refractivity contribution in [1.29, 1.82) is 0 Å². The molecule has 0 aliphatic carbocycles. The topological polar surface area (TPSA) is 75.4 Å². The standard InChI is InChI=1S/C16H19N5O/c17-12-13-3-5-14(6-4-13)16(22)21-10-8-20(9-11-21)15-2-1-7-18-19-15/h1-7H,8-12,17H2. The number of nitrogens with two attached hydrogens (primary N) is 1. The van der Waals surface area contributed by atoms with Crippen LogP contribution in [0.4, 0.5) is 5.82 Å². The normalized spacial score (nSPS) is 15.0. The molecule has 0 spiro atoms. The Morgan fingerprint density at radius 3 is 2.41 bits per heavy atom. The zero-order valence-corrected chi connectivity index (χ0v) is 12.4. The molecule has 1 saturated heterocycles. The predicted octanol–water partition coefficient (Wildman–Crippen LogP) is 0.898. The molecule has 1 aromatic carbocycles. The first kappa shape index (κ1) is 14.5. The number of aromatic nitrogens is 2. The summed E-state index contributed by atoms with van der Waals surface area (Å²) in [5, 5.41) is 8.01. The van der Waals surface area contributed by atoms with Crippen LogP contribution in [-0.2, 0) is 6.54 Å². The highest BCUT2D eigenvalue weighted by Crippen LogP contribution is 2.14. The Hall–Kier alpha value is -2.47. The monoisotopic (exact) mass is 297 g/mol. The molecule has 2 heterocycles. The van der Waals surface area contributed by atoms with Crippen molar-refractivity contribution in [1.82, 2.24) is 15.1 Å². The number of carbonyl (C=O) groups excluding carboxylic acids is 1. The molecule has 1 fully saturated rings. The maximum Gasteiger partial charge on any atom is 0.253 e. The Morgan fingerprint density at radius 1 is 1.09 bits per heavy atom. The summed E-state index contributed by atoms with van der Waals surface area (Å²) in [5.41, 5.74) is 7.32. The van der Waals surface area contributed by atoms with Gasteiger partial charge in [-0.05, 0) is 29.8 Å². The molecule has 2 N–H and O–H groups in total. The largest absolute Gasteiger partial charge is 0.352 e. The molecule has 2 aromatic rings. The molecule has 0 unspecified atom stereocenters. The lowest BCUT2D eigenvalue weighted by molar-refractivity contribution is 0.0746. The van der Waals surface area contributed by atoms with Crippen molar-refractivity contribution in [3.63, 3.8) is 0 Å². The Kier molecular flexibility index (Phi) is 4.29. The fourth-order valence-electron chi connectivity index (χ4n) is 2.57. The van der Waals surface area contributed by atoms with Gasteiger partial charge in [-0.3, -0.25) is 4.79 Å². The van der Waals surface area contributed by atoms with Crippen molar-refractivity contribution in [2.24, 2.45) is 5.73 Å². The third-order valence-electron chi connectivity index (χ3n) is 3.89. The Morgan fingerprint density at radius 2 is 1.82 bits per heavy atom. The molecule has 0 bridgehead atoms. The predicted molar refractivity (Wildman–Crippen MR) is 84.5 cm³/mol. The van der Waals surface area contributed by atoms with E-state index in [1.54, 1.807) is 6.20 Å². The van der Waals surface area contributed by atoms with Gasteiger partial charge < -0.3 is 15.5 Å². The van der Waals surface area contributed by atoms with E-state index < -0.39 is 0 Å². The molecule has 3 rings (SSSR count). The molecule has 0 saturated carbocycles. The number of piperazine rings is 1. The van der Waals surface area contributed by atoms with E-state index in [1.807, 2.05) is 41.3 Å². The van der Waals surface area contributed by atoms with Crippen LogP contribution in [0.3, 0.4) is 0 Å². The number of benzene rings is 1. The zero-order valence-electron chi connectivity index (χ0n) is 12.4. The third kappa shape index (κ3) is 3.07. The summed E-state index contributed by atoms with van der Waals surface area (Å²) < 4.78 is 0. The number of hydrogen-bond donors (Lipinski definition) is 1. The number of nitrogens with zero attached hydrogens (tertiary/aromatic N) is 4. The Labute approximate surface area is 129 Å². The molecule has 0 radical (unpaired) electrons. The van der Waals surface area contributed by atoms with E-state index in [2.05, 4.69) is 15.1 Å². The van der Waals surface area contributed by atoms with Gasteiger partial charge in [0, 0.05) is 44.5 Å². The number of hydrogen-bond acceptors (Lipinski definition) is 5. The quantitative estimate of drug-likeness (QED) is 0.911. The average molecular weight is 297 g/mol. The minimum Gasteiger partial charge on any atom is -0.352 e. The SMILES string of the molecule is NCc1ccc(C(=O)N2CCN(c3cccnn3)CC2)cc1. The number of carbonyl (C=O) groups is 1. The van der Waals surface area contributed by atoms with Gasteiger partial charge in [0.05, 0.1) is 0 Å². The molecule has 0 atom stereocenters. The fraction of sp³-hybridized carbons (Fsp3) is 0.312. The van der Waals surface area contributed by atoms with Crippen LogP contribution >= 0.6 is 0 Å². The van der Waals surface area contributed by atoms with Crippen molar-refractivity contribution in [2.45, 2.75) is 6.54 Å². The van der Waals surface area contributed by atoms with E-state index in [0.29, 0.717) is 25.2 Å². The van der Waals surface area contributed by atoms with E-state index in [1.165, 1.54) is 0 Å². The van der Waals surface area contributed by atoms with Crippen LogP contribution in [-0.4, -0.2) is 47.2 Å². The van der Waals surface area contributed by atoms with Crippen LogP contribution in [0.5, 0.6) is 0 Å². The molecule has 22 heavy (non-hydrogen) atoms. The summed E-state index contributed by atoms with van der Waals surface area (Å²) in [6, 6.07) is 11.3. The van der Waals surface area contributed by atoms with Crippen molar-refractivity contribution in [3.8, 4) is 0 Å². The second-order valence-corrected chi connectivity index (χ2v) is 5.26. The molecular weight excluding hydrogens is 278 g/mol. The molecule has 1 aromatic heterocycles. The second kappa shape index (κ2) is 6.53. The van der Waals surface area contributed by atoms with Crippen LogP contribution in [0.25, 0.3) is 0 Å². The fourth-order valence-corrected chi connectivity index (χ4v) is 2.57. The number of amides is 1. The lowest BCUT2D eigenvalue weighted by atomic mass is 10.1.